The molecular formula is C27H27ClN4O3S. The highest BCUT2D eigenvalue weighted by atomic mass is 35.5. The molecular weight excluding hydrogens is 496 g/mol. The minimum Gasteiger partial charge on any atom is -0.331 e. The van der Waals surface area contributed by atoms with Crippen LogP contribution in [0.4, 0.5) is 0 Å². The molecule has 4 heterocycles. The molecule has 186 valence electrons. The van der Waals surface area contributed by atoms with Crippen molar-refractivity contribution < 1.29 is 14.4 Å². The molecule has 0 spiro atoms. The highest BCUT2D eigenvalue weighted by Gasteiger charge is 2.58. The number of carbonyl (C=O) groups is 3. The lowest BCUT2D eigenvalue weighted by atomic mass is 9.94. The number of aromatic nitrogens is 1. The zero-order valence-electron chi connectivity index (χ0n) is 20.4. The summed E-state index contributed by atoms with van der Waals surface area (Å²) in [7, 11) is 0. The first-order valence-corrected chi connectivity index (χ1v) is 13.5. The van der Waals surface area contributed by atoms with E-state index in [-0.39, 0.29) is 48.2 Å². The average Bonchev–Trinajstić information content (AvgIpc) is 3.46. The van der Waals surface area contributed by atoms with Crippen molar-refractivity contribution in [1.82, 2.24) is 20.1 Å². The van der Waals surface area contributed by atoms with Gasteiger partial charge < -0.3 is 10.2 Å². The van der Waals surface area contributed by atoms with E-state index in [1.165, 1.54) is 16.2 Å². The summed E-state index contributed by atoms with van der Waals surface area (Å²) in [6.45, 7) is 7.82. The van der Waals surface area contributed by atoms with Crippen LogP contribution in [0.5, 0.6) is 0 Å². The van der Waals surface area contributed by atoms with Crippen LogP contribution in [0.3, 0.4) is 0 Å². The van der Waals surface area contributed by atoms with E-state index in [4.69, 9.17) is 11.6 Å². The van der Waals surface area contributed by atoms with Crippen LogP contribution < -0.4 is 5.32 Å². The number of hydrogen-bond acceptors (Lipinski definition) is 6. The molecule has 2 aromatic heterocycles. The number of likely N-dealkylation sites (tertiary alicyclic amines) is 1. The average molecular weight is 523 g/mol. The first kappa shape index (κ1) is 23.6. The summed E-state index contributed by atoms with van der Waals surface area (Å²) in [5.41, 5.74) is 3.90. The van der Waals surface area contributed by atoms with Gasteiger partial charge in [0, 0.05) is 46.8 Å². The Morgan fingerprint density at radius 1 is 1.11 bits per heavy atom. The number of hydrogen-bond donors (Lipinski definition) is 1. The van der Waals surface area contributed by atoms with E-state index in [2.05, 4.69) is 24.1 Å². The number of amides is 3. The van der Waals surface area contributed by atoms with Gasteiger partial charge in [0.15, 0.2) is 0 Å². The van der Waals surface area contributed by atoms with Gasteiger partial charge in [-0.25, -0.2) is 0 Å². The van der Waals surface area contributed by atoms with Crippen LogP contribution in [-0.2, 0) is 16.1 Å². The van der Waals surface area contributed by atoms with E-state index in [9.17, 15) is 14.4 Å². The van der Waals surface area contributed by atoms with Gasteiger partial charge in [-0.3, -0.25) is 24.3 Å². The van der Waals surface area contributed by atoms with Crippen molar-refractivity contribution in [3.63, 3.8) is 0 Å². The first-order valence-electron chi connectivity index (χ1n) is 12.3. The number of benzene rings is 1. The molecule has 1 aliphatic carbocycles. The number of piperidine rings is 1. The minimum atomic E-state index is -0.113. The van der Waals surface area contributed by atoms with Crippen LogP contribution >= 0.6 is 22.9 Å². The zero-order chi connectivity index (χ0) is 25.3. The number of imide groups is 1. The summed E-state index contributed by atoms with van der Waals surface area (Å²) < 4.78 is 0.911. The molecule has 2 saturated heterocycles. The Morgan fingerprint density at radius 3 is 2.50 bits per heavy atom. The Balaban J connectivity index is 1.42. The molecule has 3 amide bonds. The van der Waals surface area contributed by atoms with Gasteiger partial charge in [-0.15, -0.1) is 11.3 Å². The van der Waals surface area contributed by atoms with Gasteiger partial charge in [-0.05, 0) is 62.6 Å². The normalized spacial score (nSPS) is 25.6. The van der Waals surface area contributed by atoms with Crippen LogP contribution in [0.25, 0.3) is 21.3 Å². The van der Waals surface area contributed by atoms with E-state index in [0.717, 1.165) is 44.9 Å². The van der Waals surface area contributed by atoms with Crippen molar-refractivity contribution in [2.75, 3.05) is 13.1 Å². The molecule has 3 aliphatic rings. The van der Waals surface area contributed by atoms with Gasteiger partial charge in [-0.2, -0.15) is 0 Å². The molecule has 7 nitrogen and oxygen atoms in total. The molecule has 2 unspecified atom stereocenters. The molecule has 3 fully saturated rings. The van der Waals surface area contributed by atoms with E-state index >= 15 is 0 Å². The van der Waals surface area contributed by atoms with Gasteiger partial charge in [-0.1, -0.05) is 11.6 Å². The largest absolute Gasteiger partial charge is 0.331 e. The minimum absolute atomic E-state index is 0.00473. The van der Waals surface area contributed by atoms with E-state index in [1.54, 1.807) is 6.20 Å². The summed E-state index contributed by atoms with van der Waals surface area (Å²) in [4.78, 5) is 47.8. The number of carbonyl (C=O) groups excluding carboxylic acids is 3. The molecule has 1 N–H and O–H groups in total. The maximum absolute atomic E-state index is 14.0. The summed E-state index contributed by atoms with van der Waals surface area (Å²) >= 11 is 8.02. The van der Waals surface area contributed by atoms with E-state index in [0.29, 0.717) is 17.0 Å². The maximum Gasteiger partial charge on any atom is 0.255 e. The highest BCUT2D eigenvalue weighted by Crippen LogP contribution is 2.48. The highest BCUT2D eigenvalue weighted by molar-refractivity contribution is 7.19. The second-order valence-corrected chi connectivity index (χ2v) is 11.8. The topological polar surface area (TPSA) is 82.6 Å². The fourth-order valence-corrected chi connectivity index (χ4v) is 7.14. The standard InChI is InChI=1S/C27H27ClN4O3S/c1-13-6-16(28)7-19(23(13)27(35)32-14(2)10-29-11-15(32)3)18-4-5-30-22-8-17(36-24(18)22)12-31-25(33)20-9-21(20)26(31)34/h4-8,14-15,20-21,29H,9-12H2,1-3H3/t14-,15-,20?,21?/m0/s1. The molecule has 3 aromatic rings. The van der Waals surface area contributed by atoms with Gasteiger partial charge in [0.25, 0.3) is 5.91 Å². The second kappa shape index (κ2) is 8.64. The molecule has 9 heteroatoms. The number of rotatable bonds is 4. The third-order valence-electron chi connectivity index (χ3n) is 7.60. The quantitative estimate of drug-likeness (QED) is 0.518. The Labute approximate surface area is 218 Å². The van der Waals surface area contributed by atoms with Crippen LogP contribution in [0.2, 0.25) is 5.02 Å². The number of pyridine rings is 1. The maximum atomic E-state index is 14.0. The number of piperazine rings is 1. The molecule has 2 aliphatic heterocycles. The fraction of sp³-hybridized carbons (Fsp3) is 0.407. The summed E-state index contributed by atoms with van der Waals surface area (Å²) in [6, 6.07) is 7.68. The van der Waals surface area contributed by atoms with E-state index < -0.39 is 0 Å². The van der Waals surface area contributed by atoms with Gasteiger partial charge >= 0.3 is 0 Å². The van der Waals surface area contributed by atoms with Gasteiger partial charge in [0.1, 0.15) is 0 Å². The Hall–Kier alpha value is -2.81. The predicted octanol–water partition coefficient (Wildman–Crippen LogP) is 4.25. The lowest BCUT2D eigenvalue weighted by molar-refractivity contribution is -0.141. The third-order valence-corrected chi connectivity index (χ3v) is 8.96. The molecule has 1 aromatic carbocycles. The number of thiophene rings is 1. The fourth-order valence-electron chi connectivity index (χ4n) is 5.74. The number of halogens is 1. The van der Waals surface area contributed by atoms with Crippen molar-refractivity contribution in [2.45, 2.75) is 45.8 Å². The number of aryl methyl sites for hydroxylation is 1. The van der Waals surface area contributed by atoms with Crippen LogP contribution in [-0.4, -0.2) is 57.7 Å². The van der Waals surface area contributed by atoms with Crippen molar-refractivity contribution in [3.05, 3.63) is 51.5 Å². The third kappa shape index (κ3) is 3.74. The number of nitrogens with zero attached hydrogens (tertiary/aromatic N) is 3. The SMILES string of the molecule is Cc1cc(Cl)cc(-c2ccnc3cc(CN4C(=O)C5CC5C4=O)sc23)c1C(=O)N1[C@@H](C)CNC[C@@H]1C. The number of fused-ring (bicyclic) bond motifs is 2. The Kier molecular flexibility index (Phi) is 5.66. The molecule has 0 bridgehead atoms. The Morgan fingerprint density at radius 2 is 1.81 bits per heavy atom. The summed E-state index contributed by atoms with van der Waals surface area (Å²) in [5.74, 6) is -0.354. The van der Waals surface area contributed by atoms with Crippen LogP contribution in [0.15, 0.2) is 30.5 Å². The van der Waals surface area contributed by atoms with Crippen molar-refractivity contribution in [3.8, 4) is 11.1 Å². The summed E-state index contributed by atoms with van der Waals surface area (Å²) in [6.07, 6.45) is 2.43. The van der Waals surface area contributed by atoms with Crippen molar-refractivity contribution in [1.29, 1.82) is 0 Å². The van der Waals surface area contributed by atoms with E-state index in [1.807, 2.05) is 36.1 Å². The van der Waals surface area contributed by atoms with Crippen molar-refractivity contribution >= 4 is 50.9 Å². The summed E-state index contributed by atoms with van der Waals surface area (Å²) in [5, 5.41) is 3.95. The molecule has 1 saturated carbocycles. The lowest BCUT2D eigenvalue weighted by Crippen LogP contribution is -2.57. The molecule has 4 atom stereocenters. The van der Waals surface area contributed by atoms with Crippen LogP contribution in [0, 0.1) is 18.8 Å². The smallest absolute Gasteiger partial charge is 0.255 e. The lowest BCUT2D eigenvalue weighted by Gasteiger charge is -2.40. The molecule has 6 rings (SSSR count). The van der Waals surface area contributed by atoms with Gasteiger partial charge in [0.2, 0.25) is 11.8 Å². The molecule has 0 radical (unpaired) electrons. The monoisotopic (exact) mass is 522 g/mol. The Bertz CT molecular complexity index is 1410. The zero-order valence-corrected chi connectivity index (χ0v) is 21.9. The molecule has 36 heavy (non-hydrogen) atoms. The predicted molar refractivity (Wildman–Crippen MR) is 140 cm³/mol. The number of nitrogens with one attached hydrogen (secondary N) is 1. The van der Waals surface area contributed by atoms with Crippen molar-refractivity contribution in [2.24, 2.45) is 11.8 Å². The second-order valence-electron chi connectivity index (χ2n) is 10.2. The van der Waals surface area contributed by atoms with Gasteiger partial charge in [0.05, 0.1) is 34.2 Å². The van der Waals surface area contributed by atoms with Crippen LogP contribution in [0.1, 0.15) is 41.1 Å². The first-order chi connectivity index (χ1) is 17.2.